The summed E-state index contributed by atoms with van der Waals surface area (Å²) in [4.78, 5) is 10.7. The first kappa shape index (κ1) is 10.4. The monoisotopic (exact) mass is 206 g/mol. The van der Waals surface area contributed by atoms with Crippen LogP contribution in [0.2, 0.25) is 0 Å². The highest BCUT2D eigenvalue weighted by molar-refractivity contribution is 5.39. The normalized spacial score (nSPS) is 15.3. The van der Waals surface area contributed by atoms with Gasteiger partial charge in [-0.15, -0.1) is 0 Å². The molecule has 4 nitrogen and oxygen atoms in total. The van der Waals surface area contributed by atoms with Crippen molar-refractivity contribution in [1.29, 1.82) is 0 Å². The van der Waals surface area contributed by atoms with Gasteiger partial charge in [0.1, 0.15) is 12.1 Å². The summed E-state index contributed by atoms with van der Waals surface area (Å²) in [5, 5.41) is 0. The molecule has 2 rings (SSSR count). The Balaban J connectivity index is 2.02. The third-order valence-corrected chi connectivity index (χ3v) is 2.76. The van der Waals surface area contributed by atoms with Crippen LogP contribution < -0.4 is 10.6 Å². The topological polar surface area (TPSA) is 55.0 Å². The van der Waals surface area contributed by atoms with E-state index in [-0.39, 0.29) is 0 Å². The highest BCUT2D eigenvalue weighted by Gasteiger charge is 2.25. The van der Waals surface area contributed by atoms with Crippen LogP contribution in [0.25, 0.3) is 0 Å². The Bertz CT molecular complexity index is 322. The largest absolute Gasteiger partial charge is 0.360 e. The van der Waals surface area contributed by atoms with E-state index in [0.29, 0.717) is 5.92 Å². The van der Waals surface area contributed by atoms with Crippen LogP contribution in [0.5, 0.6) is 0 Å². The quantitative estimate of drug-likeness (QED) is 0.785. The molecule has 0 amide bonds. The number of nitrogens with two attached hydrogens (primary N) is 1. The average Bonchev–Trinajstić information content (AvgIpc) is 3.10. The molecule has 1 aliphatic rings. The maximum atomic E-state index is 5.48. The Hall–Kier alpha value is -1.16. The Labute approximate surface area is 90.5 Å². The van der Waals surface area contributed by atoms with Gasteiger partial charge in [-0.25, -0.2) is 9.97 Å². The van der Waals surface area contributed by atoms with E-state index < -0.39 is 0 Å². The van der Waals surface area contributed by atoms with Gasteiger partial charge in [-0.05, 0) is 25.8 Å². The second-order valence-electron chi connectivity index (χ2n) is 4.14. The van der Waals surface area contributed by atoms with Crippen molar-refractivity contribution >= 4 is 5.82 Å². The molecule has 2 N–H and O–H groups in total. The Morgan fingerprint density at radius 1 is 1.47 bits per heavy atom. The number of nitrogens with zero attached hydrogens (tertiary/aromatic N) is 3. The zero-order valence-electron chi connectivity index (χ0n) is 9.19. The number of aromatic nitrogens is 2. The van der Waals surface area contributed by atoms with E-state index >= 15 is 0 Å². The predicted molar refractivity (Wildman–Crippen MR) is 60.9 cm³/mol. The molecule has 0 aromatic carbocycles. The molecular weight excluding hydrogens is 188 g/mol. The molecule has 1 heterocycles. The molecule has 1 fully saturated rings. The minimum Gasteiger partial charge on any atom is -0.360 e. The first-order valence-corrected chi connectivity index (χ1v) is 5.54. The van der Waals surface area contributed by atoms with Crippen molar-refractivity contribution in [1.82, 2.24) is 9.97 Å². The van der Waals surface area contributed by atoms with Gasteiger partial charge in [0.25, 0.3) is 0 Å². The minimum absolute atomic E-state index is 0.689. The first-order chi connectivity index (χ1) is 7.31. The summed E-state index contributed by atoms with van der Waals surface area (Å²) in [6.07, 6.45) is 5.23. The minimum atomic E-state index is 0.689. The highest BCUT2D eigenvalue weighted by Crippen LogP contribution is 2.39. The van der Waals surface area contributed by atoms with Crippen molar-refractivity contribution in [3.05, 3.63) is 18.1 Å². The summed E-state index contributed by atoms with van der Waals surface area (Å²) >= 11 is 0. The van der Waals surface area contributed by atoms with E-state index in [9.17, 15) is 0 Å². The van der Waals surface area contributed by atoms with E-state index in [1.165, 1.54) is 18.5 Å². The van der Waals surface area contributed by atoms with Crippen LogP contribution in [0.3, 0.4) is 0 Å². The average molecular weight is 206 g/mol. The van der Waals surface area contributed by atoms with Gasteiger partial charge in [0, 0.05) is 31.3 Å². The summed E-state index contributed by atoms with van der Waals surface area (Å²) < 4.78 is 0. The fourth-order valence-corrected chi connectivity index (χ4v) is 1.62. The predicted octanol–water partition coefficient (Wildman–Crippen LogP) is 1.14. The molecule has 0 spiro atoms. The molecule has 0 bridgehead atoms. The number of rotatable bonds is 5. The maximum Gasteiger partial charge on any atom is 0.131 e. The second kappa shape index (κ2) is 4.57. The maximum absolute atomic E-state index is 5.48. The van der Waals surface area contributed by atoms with Crippen molar-refractivity contribution in [2.24, 2.45) is 5.73 Å². The smallest absolute Gasteiger partial charge is 0.131 e. The molecule has 0 unspecified atom stereocenters. The molecule has 0 saturated heterocycles. The summed E-state index contributed by atoms with van der Waals surface area (Å²) in [5.74, 6) is 1.70. The van der Waals surface area contributed by atoms with E-state index in [1.807, 2.05) is 0 Å². The van der Waals surface area contributed by atoms with Crippen molar-refractivity contribution in [3.63, 3.8) is 0 Å². The van der Waals surface area contributed by atoms with Gasteiger partial charge in [-0.3, -0.25) is 0 Å². The standard InChI is InChI=1S/C11H18N4/c1-15(6-2-5-12)11-7-10(9-3-4-9)13-8-14-11/h7-9H,2-6,12H2,1H3. The molecule has 0 radical (unpaired) electrons. The lowest BCUT2D eigenvalue weighted by atomic mass is 10.2. The van der Waals surface area contributed by atoms with Gasteiger partial charge in [-0.2, -0.15) is 0 Å². The van der Waals surface area contributed by atoms with Gasteiger partial charge >= 0.3 is 0 Å². The van der Waals surface area contributed by atoms with Crippen LogP contribution in [0, 0.1) is 0 Å². The molecular formula is C11H18N4. The zero-order chi connectivity index (χ0) is 10.7. The van der Waals surface area contributed by atoms with E-state index in [4.69, 9.17) is 5.73 Å². The molecule has 82 valence electrons. The van der Waals surface area contributed by atoms with Crippen LogP contribution in [0.1, 0.15) is 30.9 Å². The second-order valence-corrected chi connectivity index (χ2v) is 4.14. The zero-order valence-corrected chi connectivity index (χ0v) is 9.19. The molecule has 0 aliphatic heterocycles. The first-order valence-electron chi connectivity index (χ1n) is 5.54. The molecule has 0 atom stereocenters. The molecule has 15 heavy (non-hydrogen) atoms. The summed E-state index contributed by atoms with van der Waals surface area (Å²) in [6, 6.07) is 2.11. The van der Waals surface area contributed by atoms with Gasteiger partial charge in [0.2, 0.25) is 0 Å². The van der Waals surface area contributed by atoms with Gasteiger partial charge < -0.3 is 10.6 Å². The number of anilines is 1. The fourth-order valence-electron chi connectivity index (χ4n) is 1.62. The van der Waals surface area contributed by atoms with E-state index in [0.717, 1.165) is 25.3 Å². The summed E-state index contributed by atoms with van der Waals surface area (Å²) in [7, 11) is 2.05. The highest BCUT2D eigenvalue weighted by atomic mass is 15.2. The van der Waals surface area contributed by atoms with Crippen LogP contribution in [-0.4, -0.2) is 30.1 Å². The van der Waals surface area contributed by atoms with Gasteiger partial charge in [0.15, 0.2) is 0 Å². The lowest BCUT2D eigenvalue weighted by molar-refractivity contribution is 0.782. The van der Waals surface area contributed by atoms with Crippen LogP contribution in [0.15, 0.2) is 12.4 Å². The summed E-state index contributed by atoms with van der Waals surface area (Å²) in [5.41, 5.74) is 6.68. The molecule has 1 aromatic rings. The van der Waals surface area contributed by atoms with Crippen molar-refractivity contribution in [2.75, 3.05) is 25.0 Å². The van der Waals surface area contributed by atoms with Crippen molar-refractivity contribution in [3.8, 4) is 0 Å². The molecule has 1 aromatic heterocycles. The van der Waals surface area contributed by atoms with Crippen LogP contribution in [-0.2, 0) is 0 Å². The Morgan fingerprint density at radius 3 is 2.93 bits per heavy atom. The Morgan fingerprint density at radius 2 is 2.27 bits per heavy atom. The molecule has 4 heteroatoms. The lowest BCUT2D eigenvalue weighted by Gasteiger charge is -2.17. The Kier molecular flexibility index (Phi) is 3.16. The third-order valence-electron chi connectivity index (χ3n) is 2.76. The van der Waals surface area contributed by atoms with Crippen LogP contribution in [0.4, 0.5) is 5.82 Å². The number of hydrogen-bond acceptors (Lipinski definition) is 4. The van der Waals surface area contributed by atoms with Gasteiger partial charge in [0.05, 0.1) is 0 Å². The SMILES string of the molecule is CN(CCCN)c1cc(C2CC2)ncn1. The summed E-state index contributed by atoms with van der Waals surface area (Å²) in [6.45, 7) is 1.68. The van der Waals surface area contributed by atoms with E-state index in [2.05, 4.69) is 28.0 Å². The van der Waals surface area contributed by atoms with E-state index in [1.54, 1.807) is 6.33 Å². The molecule has 1 aliphatic carbocycles. The molecule has 1 saturated carbocycles. The number of hydrogen-bond donors (Lipinski definition) is 1. The lowest BCUT2D eigenvalue weighted by Crippen LogP contribution is -2.22. The van der Waals surface area contributed by atoms with Gasteiger partial charge in [-0.1, -0.05) is 0 Å². The van der Waals surface area contributed by atoms with Crippen LogP contribution >= 0.6 is 0 Å². The van der Waals surface area contributed by atoms with Crippen molar-refractivity contribution in [2.45, 2.75) is 25.2 Å². The fraction of sp³-hybridized carbons (Fsp3) is 0.636. The third kappa shape index (κ3) is 2.65. The van der Waals surface area contributed by atoms with Crippen molar-refractivity contribution < 1.29 is 0 Å².